The van der Waals surface area contributed by atoms with E-state index in [1.807, 2.05) is 5.43 Å². The first-order valence-electron chi connectivity index (χ1n) is 4.30. The van der Waals surface area contributed by atoms with E-state index in [2.05, 4.69) is 0 Å². The molecular formula is C6H8F2N4O4S2. The van der Waals surface area contributed by atoms with Crippen LogP contribution in [0, 0.1) is 10.1 Å². The van der Waals surface area contributed by atoms with Crippen LogP contribution in [0.2, 0.25) is 0 Å². The Bertz CT molecular complexity index is 544. The number of hydrogen-bond donors (Lipinski definition) is 3. The average molecular weight is 302 g/mol. The lowest BCUT2D eigenvalue weighted by atomic mass is 10.5. The average Bonchev–Trinajstić information content (AvgIpc) is 2.71. The van der Waals surface area contributed by atoms with Gasteiger partial charge in [0.1, 0.15) is 4.21 Å². The zero-order valence-corrected chi connectivity index (χ0v) is 10.2. The first kappa shape index (κ1) is 14.7. The number of sulfonamides is 1. The van der Waals surface area contributed by atoms with E-state index in [4.69, 9.17) is 5.84 Å². The van der Waals surface area contributed by atoms with Gasteiger partial charge in [-0.25, -0.2) is 27.8 Å². The molecule has 0 aliphatic carbocycles. The molecule has 0 unspecified atom stereocenters. The zero-order valence-electron chi connectivity index (χ0n) is 8.59. The molecule has 0 radical (unpaired) electrons. The van der Waals surface area contributed by atoms with Crippen molar-refractivity contribution in [3.05, 3.63) is 16.2 Å². The van der Waals surface area contributed by atoms with E-state index in [0.717, 1.165) is 6.07 Å². The van der Waals surface area contributed by atoms with E-state index in [0.29, 0.717) is 11.3 Å². The highest BCUT2D eigenvalue weighted by atomic mass is 32.2. The summed E-state index contributed by atoms with van der Waals surface area (Å²) in [7, 11) is -4.21. The van der Waals surface area contributed by atoms with E-state index in [9.17, 15) is 27.3 Å². The van der Waals surface area contributed by atoms with Crippen LogP contribution in [0.5, 0.6) is 0 Å². The molecule has 12 heteroatoms. The standard InChI is InChI=1S/C6H8F2N4O4S2/c7-4(8)2-10-18(15,16)5-1-3(12(13)14)6(11-9)17-5/h1,4,10-11H,2,9H2. The van der Waals surface area contributed by atoms with Crippen molar-refractivity contribution in [2.45, 2.75) is 10.6 Å². The molecule has 0 fully saturated rings. The van der Waals surface area contributed by atoms with Gasteiger partial charge in [-0.1, -0.05) is 11.3 Å². The molecule has 1 heterocycles. The predicted molar refractivity (Wildman–Crippen MR) is 60.0 cm³/mol. The van der Waals surface area contributed by atoms with Gasteiger partial charge >= 0.3 is 5.69 Å². The minimum Gasteiger partial charge on any atom is -0.310 e. The number of hydrazine groups is 1. The van der Waals surface area contributed by atoms with Gasteiger partial charge in [0.2, 0.25) is 0 Å². The van der Waals surface area contributed by atoms with Crippen LogP contribution in [0.1, 0.15) is 0 Å². The number of anilines is 1. The molecule has 0 aromatic carbocycles. The molecule has 102 valence electrons. The summed E-state index contributed by atoms with van der Waals surface area (Å²) in [6, 6.07) is 0.744. The third-order valence-corrected chi connectivity index (χ3v) is 4.66. The van der Waals surface area contributed by atoms with Gasteiger partial charge in [-0.15, -0.1) is 0 Å². The normalized spacial score (nSPS) is 11.8. The van der Waals surface area contributed by atoms with Crippen molar-refractivity contribution in [3.63, 3.8) is 0 Å². The quantitative estimate of drug-likeness (QED) is 0.398. The number of nitrogen functional groups attached to an aromatic ring is 1. The lowest BCUT2D eigenvalue weighted by Crippen LogP contribution is -2.28. The number of nitrogens with zero attached hydrogens (tertiary/aromatic N) is 1. The van der Waals surface area contributed by atoms with Crippen LogP contribution in [0.3, 0.4) is 0 Å². The molecule has 18 heavy (non-hydrogen) atoms. The summed E-state index contributed by atoms with van der Waals surface area (Å²) < 4.78 is 48.0. The minimum atomic E-state index is -4.21. The van der Waals surface area contributed by atoms with Crippen LogP contribution in [0.15, 0.2) is 10.3 Å². The SMILES string of the molecule is NNc1sc(S(=O)(=O)NCC(F)F)cc1[N+](=O)[O-]. The van der Waals surface area contributed by atoms with Gasteiger partial charge in [0.05, 0.1) is 11.5 Å². The van der Waals surface area contributed by atoms with E-state index in [1.54, 1.807) is 4.72 Å². The van der Waals surface area contributed by atoms with E-state index < -0.39 is 37.8 Å². The molecule has 4 N–H and O–H groups in total. The fourth-order valence-electron chi connectivity index (χ4n) is 0.975. The zero-order chi connectivity index (χ0) is 13.9. The maximum atomic E-state index is 11.9. The first-order valence-corrected chi connectivity index (χ1v) is 6.60. The van der Waals surface area contributed by atoms with Gasteiger partial charge in [0, 0.05) is 6.07 Å². The van der Waals surface area contributed by atoms with Crippen LogP contribution >= 0.6 is 11.3 Å². The Morgan fingerprint density at radius 2 is 2.17 bits per heavy atom. The summed E-state index contributed by atoms with van der Waals surface area (Å²) in [5.74, 6) is 4.99. The summed E-state index contributed by atoms with van der Waals surface area (Å²) in [5, 5.41) is 10.4. The summed E-state index contributed by atoms with van der Waals surface area (Å²) >= 11 is 0.473. The third-order valence-electron chi connectivity index (χ3n) is 1.71. The van der Waals surface area contributed by atoms with Crippen LogP contribution < -0.4 is 16.0 Å². The molecule has 0 bridgehead atoms. The van der Waals surface area contributed by atoms with Crippen molar-refractivity contribution in [3.8, 4) is 0 Å². The van der Waals surface area contributed by atoms with Crippen molar-refractivity contribution >= 4 is 32.0 Å². The summed E-state index contributed by atoms with van der Waals surface area (Å²) in [6.07, 6.45) is -2.86. The number of alkyl halides is 2. The molecule has 0 saturated heterocycles. The highest BCUT2D eigenvalue weighted by Gasteiger charge is 2.26. The van der Waals surface area contributed by atoms with Crippen molar-refractivity contribution in [1.82, 2.24) is 4.72 Å². The minimum absolute atomic E-state index is 0.183. The highest BCUT2D eigenvalue weighted by Crippen LogP contribution is 2.36. The maximum Gasteiger partial charge on any atom is 0.306 e. The van der Waals surface area contributed by atoms with E-state index in [-0.39, 0.29) is 5.00 Å². The number of nitrogens with one attached hydrogen (secondary N) is 2. The van der Waals surface area contributed by atoms with Gasteiger partial charge in [-0.3, -0.25) is 10.1 Å². The number of thiophene rings is 1. The van der Waals surface area contributed by atoms with Crippen LogP contribution in [0.4, 0.5) is 19.5 Å². The smallest absolute Gasteiger partial charge is 0.306 e. The Morgan fingerprint density at radius 1 is 1.56 bits per heavy atom. The number of halogens is 2. The van der Waals surface area contributed by atoms with Gasteiger partial charge < -0.3 is 5.43 Å². The molecule has 1 aromatic rings. The molecule has 1 aromatic heterocycles. The molecule has 8 nitrogen and oxygen atoms in total. The van der Waals surface area contributed by atoms with E-state index >= 15 is 0 Å². The van der Waals surface area contributed by atoms with Gasteiger partial charge in [0.25, 0.3) is 16.4 Å². The Balaban J connectivity index is 3.06. The molecule has 1 rings (SSSR count). The second-order valence-electron chi connectivity index (χ2n) is 2.92. The number of rotatable bonds is 6. The van der Waals surface area contributed by atoms with Crippen LogP contribution in [-0.2, 0) is 10.0 Å². The van der Waals surface area contributed by atoms with Gasteiger partial charge in [0.15, 0.2) is 5.00 Å². The highest BCUT2D eigenvalue weighted by molar-refractivity contribution is 7.91. The molecule has 0 spiro atoms. The van der Waals surface area contributed by atoms with Crippen molar-refractivity contribution in [2.75, 3.05) is 12.0 Å². The first-order chi connectivity index (χ1) is 8.27. The van der Waals surface area contributed by atoms with Crippen molar-refractivity contribution in [2.24, 2.45) is 5.84 Å². The fourth-order valence-corrected chi connectivity index (χ4v) is 3.26. The fraction of sp³-hybridized carbons (Fsp3) is 0.333. The van der Waals surface area contributed by atoms with Crippen molar-refractivity contribution < 1.29 is 22.1 Å². The summed E-state index contributed by atoms with van der Waals surface area (Å²) in [4.78, 5) is 9.73. The second kappa shape index (κ2) is 5.51. The second-order valence-corrected chi connectivity index (χ2v) is 5.97. The Hall–Kier alpha value is -1.37. The number of hydrogen-bond acceptors (Lipinski definition) is 7. The number of nitro groups is 1. The molecule has 0 aliphatic heterocycles. The molecular weight excluding hydrogens is 294 g/mol. The Morgan fingerprint density at radius 3 is 2.56 bits per heavy atom. The van der Waals surface area contributed by atoms with Crippen LogP contribution in [-0.4, -0.2) is 26.3 Å². The Kier molecular flexibility index (Phi) is 4.50. The molecule has 0 saturated carbocycles. The Labute approximate surface area is 104 Å². The van der Waals surface area contributed by atoms with Crippen LogP contribution in [0.25, 0.3) is 0 Å². The monoisotopic (exact) mass is 302 g/mol. The van der Waals surface area contributed by atoms with Gasteiger partial charge in [-0.05, 0) is 0 Å². The molecule has 0 aliphatic rings. The number of nitrogens with two attached hydrogens (primary N) is 1. The third kappa shape index (κ3) is 3.32. The topological polar surface area (TPSA) is 127 Å². The van der Waals surface area contributed by atoms with E-state index in [1.165, 1.54) is 0 Å². The van der Waals surface area contributed by atoms with Gasteiger partial charge in [-0.2, -0.15) is 0 Å². The largest absolute Gasteiger partial charge is 0.310 e. The lowest BCUT2D eigenvalue weighted by molar-refractivity contribution is -0.383. The maximum absolute atomic E-state index is 11.9. The summed E-state index contributed by atoms with van der Waals surface area (Å²) in [5.41, 5.74) is 1.43. The predicted octanol–water partition coefficient (Wildman–Crippen LogP) is 0.485. The lowest BCUT2D eigenvalue weighted by Gasteiger charge is -2.02. The molecule has 0 atom stereocenters. The van der Waals surface area contributed by atoms with Crippen molar-refractivity contribution in [1.29, 1.82) is 0 Å². The summed E-state index contributed by atoms with van der Waals surface area (Å²) in [6.45, 7) is -1.07. The molecule has 0 amide bonds.